The topological polar surface area (TPSA) is 43.4 Å². The van der Waals surface area contributed by atoms with E-state index in [9.17, 15) is 13.2 Å². The van der Waals surface area contributed by atoms with Crippen molar-refractivity contribution in [3.05, 3.63) is 23.9 Å². The zero-order chi connectivity index (χ0) is 14.6. The molecule has 0 aromatic carbocycles. The van der Waals surface area contributed by atoms with Crippen LogP contribution in [0.5, 0.6) is 0 Å². The van der Waals surface area contributed by atoms with Crippen LogP contribution in [0.15, 0.2) is 18.3 Å². The van der Waals surface area contributed by atoms with Crippen LogP contribution in [-0.2, 0) is 15.7 Å². The van der Waals surface area contributed by atoms with Crippen molar-refractivity contribution < 1.29 is 22.6 Å². The molecule has 2 heterocycles. The van der Waals surface area contributed by atoms with Crippen LogP contribution < -0.4 is 5.32 Å². The monoisotopic (exact) mass is 290 g/mol. The normalized spacial score (nSPS) is 20.9. The largest absolute Gasteiger partial charge is 0.416 e. The Morgan fingerprint density at radius 1 is 1.55 bits per heavy atom. The van der Waals surface area contributed by atoms with E-state index in [0.717, 1.165) is 24.8 Å². The number of alkyl halides is 3. The maximum Gasteiger partial charge on any atom is 0.416 e. The lowest BCUT2D eigenvalue weighted by Gasteiger charge is -2.18. The fraction of sp³-hybridized carbons (Fsp3) is 0.615. The highest BCUT2D eigenvalue weighted by atomic mass is 19.4. The van der Waals surface area contributed by atoms with Crippen molar-refractivity contribution in [1.82, 2.24) is 4.98 Å². The molecule has 20 heavy (non-hydrogen) atoms. The summed E-state index contributed by atoms with van der Waals surface area (Å²) < 4.78 is 48.5. The number of hydrogen-bond acceptors (Lipinski definition) is 4. The summed E-state index contributed by atoms with van der Waals surface area (Å²) in [5, 5.41) is 2.90. The highest BCUT2D eigenvalue weighted by Crippen LogP contribution is 2.29. The van der Waals surface area contributed by atoms with Gasteiger partial charge in [0.2, 0.25) is 0 Å². The van der Waals surface area contributed by atoms with Gasteiger partial charge in [-0.15, -0.1) is 0 Å². The van der Waals surface area contributed by atoms with Gasteiger partial charge in [0.25, 0.3) is 0 Å². The van der Waals surface area contributed by atoms with Crippen LogP contribution in [0.1, 0.15) is 18.9 Å². The molecule has 2 rings (SSSR count). The number of aromatic nitrogens is 1. The first-order valence-corrected chi connectivity index (χ1v) is 6.44. The van der Waals surface area contributed by atoms with Crippen molar-refractivity contribution in [1.29, 1.82) is 0 Å². The molecular weight excluding hydrogens is 273 g/mol. The summed E-state index contributed by atoms with van der Waals surface area (Å²) in [5.41, 5.74) is -0.715. The number of nitrogens with one attached hydrogen (secondary N) is 1. The third kappa shape index (κ3) is 4.35. The summed E-state index contributed by atoms with van der Waals surface area (Å²) >= 11 is 0. The molecule has 0 aliphatic carbocycles. The Kier molecular flexibility index (Phi) is 4.82. The Balaban J connectivity index is 1.85. The van der Waals surface area contributed by atoms with E-state index in [-0.39, 0.29) is 18.0 Å². The van der Waals surface area contributed by atoms with Crippen molar-refractivity contribution in [2.45, 2.75) is 31.7 Å². The van der Waals surface area contributed by atoms with Crippen LogP contribution >= 0.6 is 0 Å². The highest BCUT2D eigenvalue weighted by Gasteiger charge is 2.30. The van der Waals surface area contributed by atoms with E-state index < -0.39 is 11.7 Å². The zero-order valence-electron chi connectivity index (χ0n) is 11.1. The maximum absolute atomic E-state index is 12.6. The molecular formula is C13H17F3N2O2. The number of rotatable bonds is 5. The molecule has 1 N–H and O–H groups in total. The van der Waals surface area contributed by atoms with Crippen molar-refractivity contribution in [2.24, 2.45) is 0 Å². The smallest absolute Gasteiger partial charge is 0.379 e. The molecule has 0 radical (unpaired) electrons. The Bertz CT molecular complexity index is 434. The lowest BCUT2D eigenvalue weighted by molar-refractivity contribution is -0.137. The average molecular weight is 290 g/mol. The van der Waals surface area contributed by atoms with Crippen LogP contribution in [0.2, 0.25) is 0 Å². The first kappa shape index (κ1) is 15.1. The van der Waals surface area contributed by atoms with Crippen molar-refractivity contribution in [2.75, 3.05) is 25.1 Å². The third-order valence-corrected chi connectivity index (χ3v) is 2.95. The van der Waals surface area contributed by atoms with Gasteiger partial charge in [0, 0.05) is 18.8 Å². The first-order chi connectivity index (χ1) is 9.45. The summed E-state index contributed by atoms with van der Waals surface area (Å²) in [5.74, 6) is 0.193. The average Bonchev–Trinajstić information content (AvgIpc) is 2.89. The van der Waals surface area contributed by atoms with Crippen LogP contribution in [-0.4, -0.2) is 37.0 Å². The fourth-order valence-electron chi connectivity index (χ4n) is 1.90. The Hall–Kier alpha value is -1.34. The molecule has 1 aliphatic heterocycles. The molecule has 7 heteroatoms. The highest BCUT2D eigenvalue weighted by molar-refractivity contribution is 5.39. The van der Waals surface area contributed by atoms with E-state index in [1.807, 2.05) is 6.92 Å². The minimum atomic E-state index is -4.36. The Morgan fingerprint density at radius 2 is 2.35 bits per heavy atom. The predicted octanol–water partition coefficient (Wildman–Crippen LogP) is 2.71. The molecule has 0 saturated carbocycles. The Labute approximate surface area is 115 Å². The molecule has 1 fully saturated rings. The number of hydrogen-bond donors (Lipinski definition) is 1. The lowest BCUT2D eigenvalue weighted by atomic mass is 10.2. The summed E-state index contributed by atoms with van der Waals surface area (Å²) in [6.07, 6.45) is -2.29. The quantitative estimate of drug-likeness (QED) is 0.905. The van der Waals surface area contributed by atoms with Gasteiger partial charge in [-0.3, -0.25) is 0 Å². The first-order valence-electron chi connectivity index (χ1n) is 6.44. The zero-order valence-corrected chi connectivity index (χ0v) is 11.1. The van der Waals surface area contributed by atoms with Gasteiger partial charge < -0.3 is 14.8 Å². The summed E-state index contributed by atoms with van der Waals surface area (Å²) in [6, 6.07) is 1.81. The van der Waals surface area contributed by atoms with Gasteiger partial charge in [-0.25, -0.2) is 4.98 Å². The van der Waals surface area contributed by atoms with E-state index in [4.69, 9.17) is 9.47 Å². The number of nitrogens with zero attached hydrogens (tertiary/aromatic N) is 1. The third-order valence-electron chi connectivity index (χ3n) is 2.95. The van der Waals surface area contributed by atoms with Crippen molar-refractivity contribution >= 4 is 5.82 Å². The minimum Gasteiger partial charge on any atom is -0.379 e. The second-order valence-corrected chi connectivity index (χ2v) is 4.79. The molecule has 1 aromatic rings. The van der Waals surface area contributed by atoms with Gasteiger partial charge in [-0.05, 0) is 25.5 Å². The van der Waals surface area contributed by atoms with Crippen LogP contribution in [0.4, 0.5) is 19.0 Å². The van der Waals surface area contributed by atoms with Crippen molar-refractivity contribution in [3.8, 4) is 0 Å². The molecule has 2 unspecified atom stereocenters. The molecule has 1 aromatic heterocycles. The molecule has 0 spiro atoms. The van der Waals surface area contributed by atoms with E-state index in [2.05, 4.69) is 10.3 Å². The minimum absolute atomic E-state index is 0.0775. The summed E-state index contributed by atoms with van der Waals surface area (Å²) in [6.45, 7) is 3.50. The van der Waals surface area contributed by atoms with E-state index in [0.29, 0.717) is 19.8 Å². The lowest BCUT2D eigenvalue weighted by Crippen LogP contribution is -2.26. The van der Waals surface area contributed by atoms with E-state index in [1.165, 1.54) is 0 Å². The number of pyridine rings is 1. The number of halogens is 3. The van der Waals surface area contributed by atoms with Gasteiger partial charge in [0.05, 0.1) is 24.9 Å². The molecule has 4 nitrogen and oxygen atoms in total. The molecule has 2 atom stereocenters. The van der Waals surface area contributed by atoms with Crippen LogP contribution in [0, 0.1) is 0 Å². The summed E-state index contributed by atoms with van der Waals surface area (Å²) in [7, 11) is 0. The van der Waals surface area contributed by atoms with E-state index in [1.54, 1.807) is 0 Å². The molecule has 1 saturated heterocycles. The Morgan fingerprint density at radius 3 is 3.00 bits per heavy atom. The second-order valence-electron chi connectivity index (χ2n) is 4.79. The molecule has 0 bridgehead atoms. The van der Waals surface area contributed by atoms with Gasteiger partial charge in [0.15, 0.2) is 0 Å². The molecule has 112 valence electrons. The predicted molar refractivity (Wildman–Crippen MR) is 67.5 cm³/mol. The summed E-state index contributed by atoms with van der Waals surface area (Å²) in [4.78, 5) is 3.88. The van der Waals surface area contributed by atoms with Crippen LogP contribution in [0.3, 0.4) is 0 Å². The SMILES string of the molecule is CC(COC1CCOC1)Nc1cc(C(F)(F)F)ccn1. The van der Waals surface area contributed by atoms with Crippen molar-refractivity contribution in [3.63, 3.8) is 0 Å². The van der Waals surface area contributed by atoms with E-state index >= 15 is 0 Å². The number of ether oxygens (including phenoxy) is 2. The molecule has 0 amide bonds. The second kappa shape index (κ2) is 6.41. The number of anilines is 1. The fourth-order valence-corrected chi connectivity index (χ4v) is 1.90. The maximum atomic E-state index is 12.6. The van der Waals surface area contributed by atoms with Gasteiger partial charge in [0.1, 0.15) is 5.82 Å². The van der Waals surface area contributed by atoms with Crippen LogP contribution in [0.25, 0.3) is 0 Å². The van der Waals surface area contributed by atoms with Gasteiger partial charge in [-0.2, -0.15) is 13.2 Å². The standard InChI is InChI=1S/C13H17F3N2O2/c1-9(7-20-11-3-5-19-8-11)18-12-6-10(2-4-17-12)13(14,15)16/h2,4,6,9,11H,3,5,7-8H2,1H3,(H,17,18). The molecule has 1 aliphatic rings. The van der Waals surface area contributed by atoms with Gasteiger partial charge >= 0.3 is 6.18 Å². The van der Waals surface area contributed by atoms with Gasteiger partial charge in [-0.1, -0.05) is 0 Å².